The molecule has 0 unspecified atom stereocenters. The zero-order chi connectivity index (χ0) is 19.2. The minimum atomic E-state index is -0.526. The van der Waals surface area contributed by atoms with Crippen molar-refractivity contribution < 1.29 is 9.13 Å². The topological polar surface area (TPSA) is 57.9 Å². The van der Waals surface area contributed by atoms with E-state index in [9.17, 15) is 0 Å². The molecule has 4 nitrogen and oxygen atoms in total. The summed E-state index contributed by atoms with van der Waals surface area (Å²) in [6, 6.07) is 17.1. The van der Waals surface area contributed by atoms with Gasteiger partial charge in [-0.1, -0.05) is 42.8 Å². The number of ether oxygens (including phenoxy) is 1. The fourth-order valence-corrected chi connectivity index (χ4v) is 2.86. The number of benzene rings is 2. The average Bonchev–Trinajstić information content (AvgIpc) is 2.71. The van der Waals surface area contributed by atoms with E-state index in [0.29, 0.717) is 29.1 Å². The van der Waals surface area contributed by atoms with Crippen LogP contribution >= 0.6 is 11.6 Å². The van der Waals surface area contributed by atoms with Crippen LogP contribution in [-0.2, 0) is 0 Å². The van der Waals surface area contributed by atoms with Crippen molar-refractivity contribution in [1.29, 1.82) is 5.26 Å². The van der Waals surface area contributed by atoms with E-state index >= 15 is 4.39 Å². The Morgan fingerprint density at radius 2 is 2.00 bits per heavy atom. The normalized spacial score (nSPS) is 11.5. The number of pyridine rings is 1. The molecule has 0 amide bonds. The first kappa shape index (κ1) is 18.7. The summed E-state index contributed by atoms with van der Waals surface area (Å²) in [5, 5.41) is 12.4. The summed E-state index contributed by atoms with van der Waals surface area (Å²) in [6.45, 7) is 1.93. The molecule has 0 aliphatic carbocycles. The molecule has 0 fully saturated rings. The maximum atomic E-state index is 15.2. The Morgan fingerprint density at radius 1 is 1.22 bits per heavy atom. The van der Waals surface area contributed by atoms with Crippen LogP contribution in [0.1, 0.15) is 30.5 Å². The fraction of sp³-hybridized carbons (Fsp3) is 0.143. The van der Waals surface area contributed by atoms with Crippen LogP contribution in [0.4, 0.5) is 10.2 Å². The molecule has 1 N–H and O–H groups in total. The van der Waals surface area contributed by atoms with Crippen molar-refractivity contribution in [2.45, 2.75) is 19.4 Å². The fourth-order valence-electron chi connectivity index (χ4n) is 2.67. The quantitative estimate of drug-likeness (QED) is 0.560. The number of halogens is 2. The highest BCUT2D eigenvalue weighted by Crippen LogP contribution is 2.37. The Labute approximate surface area is 162 Å². The van der Waals surface area contributed by atoms with E-state index in [4.69, 9.17) is 21.6 Å². The SMILES string of the molecule is CC[C@@H](Nc1cc(C#N)ccn1)c1ccc(Cl)c(Oc2ccccc2)c1F. The van der Waals surface area contributed by atoms with Gasteiger partial charge >= 0.3 is 0 Å². The van der Waals surface area contributed by atoms with Crippen LogP contribution < -0.4 is 10.1 Å². The number of nitrogens with zero attached hydrogens (tertiary/aromatic N) is 2. The zero-order valence-corrected chi connectivity index (χ0v) is 15.4. The van der Waals surface area contributed by atoms with Crippen LogP contribution in [0.5, 0.6) is 11.5 Å². The molecular weight excluding hydrogens is 365 g/mol. The van der Waals surface area contributed by atoms with Crippen LogP contribution in [0, 0.1) is 17.1 Å². The van der Waals surface area contributed by atoms with E-state index in [2.05, 4.69) is 16.4 Å². The number of hydrogen-bond acceptors (Lipinski definition) is 4. The van der Waals surface area contributed by atoms with E-state index in [-0.39, 0.29) is 16.8 Å². The first-order valence-corrected chi connectivity index (χ1v) is 8.83. The van der Waals surface area contributed by atoms with Crippen molar-refractivity contribution in [2.75, 3.05) is 5.32 Å². The molecule has 2 aromatic carbocycles. The van der Waals surface area contributed by atoms with Gasteiger partial charge in [-0.25, -0.2) is 9.37 Å². The molecule has 0 radical (unpaired) electrons. The van der Waals surface area contributed by atoms with Gasteiger partial charge in [0.1, 0.15) is 11.6 Å². The minimum absolute atomic E-state index is 0.0145. The lowest BCUT2D eigenvalue weighted by Crippen LogP contribution is -2.13. The zero-order valence-electron chi connectivity index (χ0n) is 14.6. The van der Waals surface area contributed by atoms with E-state index < -0.39 is 5.82 Å². The molecule has 6 heteroatoms. The van der Waals surface area contributed by atoms with Crippen LogP contribution in [0.3, 0.4) is 0 Å². The molecule has 1 aromatic heterocycles. The van der Waals surface area contributed by atoms with Gasteiger partial charge in [-0.05, 0) is 36.8 Å². The second-order valence-corrected chi connectivity index (χ2v) is 6.25. The van der Waals surface area contributed by atoms with Gasteiger partial charge in [0.15, 0.2) is 11.6 Å². The predicted octanol–water partition coefficient (Wildman–Crippen LogP) is 6.10. The maximum Gasteiger partial charge on any atom is 0.181 e. The number of aromatic nitrogens is 1. The molecule has 3 aromatic rings. The lowest BCUT2D eigenvalue weighted by molar-refractivity contribution is 0.436. The Balaban J connectivity index is 1.92. The Morgan fingerprint density at radius 3 is 2.70 bits per heavy atom. The van der Waals surface area contributed by atoms with Gasteiger partial charge in [-0.15, -0.1) is 0 Å². The monoisotopic (exact) mass is 381 g/mol. The molecule has 27 heavy (non-hydrogen) atoms. The minimum Gasteiger partial charge on any atom is -0.453 e. The molecule has 3 rings (SSSR count). The van der Waals surface area contributed by atoms with Gasteiger partial charge in [-0.3, -0.25) is 0 Å². The highest BCUT2D eigenvalue weighted by atomic mass is 35.5. The Kier molecular flexibility index (Phi) is 5.90. The number of nitriles is 1. The van der Waals surface area contributed by atoms with Gasteiger partial charge < -0.3 is 10.1 Å². The average molecular weight is 382 g/mol. The highest BCUT2D eigenvalue weighted by Gasteiger charge is 2.21. The third-order valence-corrected chi connectivity index (χ3v) is 4.33. The van der Waals surface area contributed by atoms with Crippen LogP contribution in [-0.4, -0.2) is 4.98 Å². The second kappa shape index (κ2) is 8.52. The molecule has 0 saturated carbocycles. The van der Waals surface area contributed by atoms with Crippen molar-refractivity contribution in [1.82, 2.24) is 4.98 Å². The van der Waals surface area contributed by atoms with Gasteiger partial charge in [-0.2, -0.15) is 5.26 Å². The molecule has 0 saturated heterocycles. The van der Waals surface area contributed by atoms with E-state index in [1.54, 1.807) is 48.5 Å². The summed E-state index contributed by atoms with van der Waals surface area (Å²) in [4.78, 5) is 4.20. The highest BCUT2D eigenvalue weighted by molar-refractivity contribution is 6.32. The van der Waals surface area contributed by atoms with Gasteiger partial charge in [0, 0.05) is 11.8 Å². The summed E-state index contributed by atoms with van der Waals surface area (Å²) in [5.74, 6) is 0.460. The third-order valence-electron chi connectivity index (χ3n) is 4.04. The first-order valence-electron chi connectivity index (χ1n) is 8.46. The maximum absolute atomic E-state index is 15.2. The van der Waals surface area contributed by atoms with Gasteiger partial charge in [0.2, 0.25) is 0 Å². The predicted molar refractivity (Wildman–Crippen MR) is 104 cm³/mol. The van der Waals surface area contributed by atoms with E-state index in [0.717, 1.165) is 0 Å². The Bertz CT molecular complexity index is 973. The lowest BCUT2D eigenvalue weighted by Gasteiger charge is -2.20. The van der Waals surface area contributed by atoms with Crippen molar-refractivity contribution in [3.05, 3.63) is 82.8 Å². The largest absolute Gasteiger partial charge is 0.453 e. The first-order chi connectivity index (χ1) is 13.1. The van der Waals surface area contributed by atoms with Gasteiger partial charge in [0.05, 0.1) is 22.7 Å². The number of para-hydroxylation sites is 1. The summed E-state index contributed by atoms with van der Waals surface area (Å²) in [6.07, 6.45) is 2.14. The van der Waals surface area contributed by atoms with Crippen molar-refractivity contribution >= 4 is 17.4 Å². The molecule has 0 aliphatic heterocycles. The van der Waals surface area contributed by atoms with Crippen LogP contribution in [0.2, 0.25) is 5.02 Å². The standard InChI is InChI=1S/C21H17ClFN3O/c1-2-18(26-19-12-14(13-24)10-11-25-19)16-8-9-17(22)21(20(16)23)27-15-6-4-3-5-7-15/h3-12,18H,2H2,1H3,(H,25,26)/t18-/m1/s1. The van der Waals surface area contributed by atoms with Gasteiger partial charge in [0.25, 0.3) is 0 Å². The van der Waals surface area contributed by atoms with Crippen molar-refractivity contribution in [2.24, 2.45) is 0 Å². The summed E-state index contributed by atoms with van der Waals surface area (Å²) in [5.41, 5.74) is 0.893. The molecular formula is C21H17ClFN3O. The Hall–Kier alpha value is -3.10. The summed E-state index contributed by atoms with van der Waals surface area (Å²) >= 11 is 6.17. The lowest BCUT2D eigenvalue weighted by atomic mass is 10.0. The van der Waals surface area contributed by atoms with E-state index in [1.807, 2.05) is 13.0 Å². The molecule has 0 spiro atoms. The summed E-state index contributed by atoms with van der Waals surface area (Å²) in [7, 11) is 0. The number of anilines is 1. The smallest absolute Gasteiger partial charge is 0.181 e. The number of nitrogens with one attached hydrogen (secondary N) is 1. The molecule has 136 valence electrons. The molecule has 1 heterocycles. The van der Waals surface area contributed by atoms with E-state index in [1.165, 1.54) is 6.20 Å². The van der Waals surface area contributed by atoms with Crippen LogP contribution in [0.15, 0.2) is 60.8 Å². The molecule has 1 atom stereocenters. The third kappa shape index (κ3) is 4.36. The summed E-state index contributed by atoms with van der Waals surface area (Å²) < 4.78 is 20.9. The van der Waals surface area contributed by atoms with Crippen LogP contribution in [0.25, 0.3) is 0 Å². The number of hydrogen-bond donors (Lipinski definition) is 1. The number of rotatable bonds is 6. The molecule has 0 bridgehead atoms. The second-order valence-electron chi connectivity index (χ2n) is 5.84. The van der Waals surface area contributed by atoms with Crippen molar-refractivity contribution in [3.63, 3.8) is 0 Å². The van der Waals surface area contributed by atoms with Crippen molar-refractivity contribution in [3.8, 4) is 17.6 Å². The molecule has 0 aliphatic rings.